The number of aliphatic hydroxyl groups is 2. The van der Waals surface area contributed by atoms with Gasteiger partial charge in [-0.25, -0.2) is 0 Å². The number of imide groups is 1. The Hall–Kier alpha value is -3.76. The molecule has 0 radical (unpaired) electrons. The molecule has 43 heavy (non-hydrogen) atoms. The smallest absolute Gasteiger partial charge is 0.488 e. The number of nitrogens with zero attached hydrogens (tertiary/aromatic N) is 1. The Morgan fingerprint density at radius 2 is 1.74 bits per heavy atom. The number of allylic oxidation sites excluding steroid dienone is 2. The van der Waals surface area contributed by atoms with Gasteiger partial charge in [0.1, 0.15) is 5.75 Å². The molecule has 2 aliphatic rings. The zero-order valence-electron chi connectivity index (χ0n) is 24.6. The first-order valence-electron chi connectivity index (χ1n) is 14.8. The number of aliphatic hydroxyl groups excluding tert-OH is 2. The van der Waals surface area contributed by atoms with Gasteiger partial charge in [0, 0.05) is 11.3 Å². The average molecular weight is 583 g/mol. The summed E-state index contributed by atoms with van der Waals surface area (Å²) in [6, 6.07) is 17.2. The van der Waals surface area contributed by atoms with Gasteiger partial charge in [-0.15, -0.1) is 0 Å². The van der Waals surface area contributed by atoms with Crippen LogP contribution in [0.1, 0.15) is 45.6 Å². The summed E-state index contributed by atoms with van der Waals surface area (Å²) in [4.78, 5) is 28.5. The molecule has 9 heteroatoms. The van der Waals surface area contributed by atoms with Crippen molar-refractivity contribution in [3.05, 3.63) is 82.9 Å². The molecule has 4 atom stereocenters. The Morgan fingerprint density at radius 3 is 2.42 bits per heavy atom. The Labute approximate surface area is 251 Å². The predicted octanol–water partition coefficient (Wildman–Crippen LogP) is 3.54. The van der Waals surface area contributed by atoms with Crippen LogP contribution in [-0.2, 0) is 9.59 Å². The van der Waals surface area contributed by atoms with Crippen molar-refractivity contribution in [1.82, 2.24) is 0 Å². The Bertz CT molecular complexity index is 1610. The number of aromatic hydroxyl groups is 1. The van der Waals surface area contributed by atoms with Crippen molar-refractivity contribution in [2.24, 2.45) is 23.7 Å². The molecular weight excluding hydrogens is 545 g/mol. The third-order valence-electron chi connectivity index (χ3n) is 8.95. The molecule has 0 unspecified atom stereocenters. The molecule has 5 rings (SSSR count). The van der Waals surface area contributed by atoms with E-state index in [2.05, 4.69) is 0 Å². The third kappa shape index (κ3) is 5.78. The van der Waals surface area contributed by atoms with E-state index in [9.17, 15) is 35.0 Å². The van der Waals surface area contributed by atoms with E-state index in [0.29, 0.717) is 24.8 Å². The molecule has 0 spiro atoms. The van der Waals surface area contributed by atoms with Crippen molar-refractivity contribution in [2.75, 3.05) is 11.5 Å². The highest BCUT2D eigenvalue weighted by molar-refractivity contribution is 6.58. The van der Waals surface area contributed by atoms with Gasteiger partial charge in [0.15, 0.2) is 0 Å². The standard InChI is InChI=1S/C34H38BNO7/c1-19(2)26-17-27-32(34(41)36(33(27)40)23-8-6-7-22(16-23)35(42)43)28(18-37)31(26)30(39)13-11-20(3)15-21-12-14-29(38)25-10-5-4-9-24(21)25/h4-10,12,14-16,19,27-28,30,32,37-39,42-43H,11,13,17-18H2,1-3H3/b20-15+/t27-,28+,30-,32-/m1/s1. The molecule has 1 aliphatic heterocycles. The van der Waals surface area contributed by atoms with Gasteiger partial charge < -0.3 is 25.4 Å². The van der Waals surface area contributed by atoms with Gasteiger partial charge in [-0.2, -0.15) is 0 Å². The van der Waals surface area contributed by atoms with E-state index in [0.717, 1.165) is 32.4 Å². The first kappa shape index (κ1) is 30.7. The monoisotopic (exact) mass is 583 g/mol. The number of carbonyl (C=O) groups excluding carboxylic acids is 2. The molecule has 0 aromatic heterocycles. The predicted molar refractivity (Wildman–Crippen MR) is 167 cm³/mol. The molecular formula is C34H38BNO7. The fourth-order valence-electron chi connectivity index (χ4n) is 6.81. The van der Waals surface area contributed by atoms with Crippen molar-refractivity contribution >= 4 is 46.9 Å². The van der Waals surface area contributed by atoms with Gasteiger partial charge >= 0.3 is 7.12 Å². The van der Waals surface area contributed by atoms with E-state index in [1.807, 2.05) is 57.2 Å². The number of benzene rings is 3. The fourth-order valence-corrected chi connectivity index (χ4v) is 6.81. The lowest BCUT2D eigenvalue weighted by atomic mass is 9.66. The highest BCUT2D eigenvalue weighted by Crippen LogP contribution is 2.48. The van der Waals surface area contributed by atoms with Crippen LogP contribution in [0.25, 0.3) is 16.8 Å². The molecule has 8 nitrogen and oxygen atoms in total. The normalized spacial score (nSPS) is 21.6. The molecule has 0 saturated carbocycles. The molecule has 1 saturated heterocycles. The van der Waals surface area contributed by atoms with Crippen LogP contribution in [-0.4, -0.2) is 57.0 Å². The minimum atomic E-state index is -1.75. The van der Waals surface area contributed by atoms with Gasteiger partial charge in [0.25, 0.3) is 0 Å². The molecule has 3 aromatic carbocycles. The van der Waals surface area contributed by atoms with E-state index >= 15 is 0 Å². The lowest BCUT2D eigenvalue weighted by Crippen LogP contribution is -2.40. The molecule has 0 bridgehead atoms. The topological polar surface area (TPSA) is 139 Å². The van der Waals surface area contributed by atoms with Crippen LogP contribution in [0.4, 0.5) is 5.69 Å². The summed E-state index contributed by atoms with van der Waals surface area (Å²) in [6.07, 6.45) is 2.37. The number of carbonyl (C=O) groups is 2. The number of rotatable bonds is 9. The Kier molecular flexibility index (Phi) is 8.90. The van der Waals surface area contributed by atoms with Crippen LogP contribution in [0.3, 0.4) is 0 Å². The summed E-state index contributed by atoms with van der Waals surface area (Å²) in [5.41, 5.74) is 3.94. The van der Waals surface area contributed by atoms with Crippen LogP contribution in [0.15, 0.2) is 77.4 Å². The van der Waals surface area contributed by atoms with Crippen LogP contribution < -0.4 is 10.4 Å². The molecule has 224 valence electrons. The van der Waals surface area contributed by atoms with Crippen LogP contribution >= 0.6 is 0 Å². The van der Waals surface area contributed by atoms with E-state index in [1.165, 1.54) is 12.1 Å². The van der Waals surface area contributed by atoms with Gasteiger partial charge in [-0.1, -0.05) is 73.5 Å². The lowest BCUT2D eigenvalue weighted by molar-refractivity contribution is -0.123. The molecule has 3 aromatic rings. The van der Waals surface area contributed by atoms with E-state index in [-0.39, 0.29) is 35.3 Å². The second-order valence-electron chi connectivity index (χ2n) is 12.0. The number of hydrogen-bond acceptors (Lipinski definition) is 7. The lowest BCUT2D eigenvalue weighted by Gasteiger charge is -2.38. The third-order valence-corrected chi connectivity index (χ3v) is 8.95. The Morgan fingerprint density at radius 1 is 1.02 bits per heavy atom. The summed E-state index contributed by atoms with van der Waals surface area (Å²) in [6.45, 7) is 5.58. The summed E-state index contributed by atoms with van der Waals surface area (Å²) in [5, 5.41) is 53.3. The van der Waals surface area contributed by atoms with Gasteiger partial charge in [0.2, 0.25) is 11.8 Å². The molecule has 2 amide bonds. The highest BCUT2D eigenvalue weighted by atomic mass is 16.4. The van der Waals surface area contributed by atoms with Crippen LogP contribution in [0, 0.1) is 23.7 Å². The van der Waals surface area contributed by atoms with Gasteiger partial charge in [-0.3, -0.25) is 14.5 Å². The quantitative estimate of drug-likeness (QED) is 0.148. The summed E-state index contributed by atoms with van der Waals surface area (Å²) in [5.74, 6) is -2.85. The zero-order valence-corrected chi connectivity index (χ0v) is 24.6. The fraction of sp³-hybridized carbons (Fsp3) is 0.353. The first-order valence-corrected chi connectivity index (χ1v) is 14.8. The van der Waals surface area contributed by atoms with Gasteiger partial charge in [-0.05, 0) is 72.3 Å². The number of hydrogen-bond donors (Lipinski definition) is 5. The molecule has 1 heterocycles. The number of anilines is 1. The summed E-state index contributed by atoms with van der Waals surface area (Å²) in [7, 11) is -1.75. The second-order valence-corrected chi connectivity index (χ2v) is 12.0. The van der Waals surface area contributed by atoms with E-state index in [1.54, 1.807) is 18.2 Å². The van der Waals surface area contributed by atoms with Crippen LogP contribution in [0.2, 0.25) is 0 Å². The molecule has 5 N–H and O–H groups in total. The number of phenolic OH excluding ortho intramolecular Hbond substituents is 1. The van der Waals surface area contributed by atoms with Crippen LogP contribution in [0.5, 0.6) is 5.75 Å². The van der Waals surface area contributed by atoms with Crippen molar-refractivity contribution in [1.29, 1.82) is 0 Å². The largest absolute Gasteiger partial charge is 0.507 e. The molecule has 1 aliphatic carbocycles. The minimum absolute atomic E-state index is 0.00975. The minimum Gasteiger partial charge on any atom is -0.507 e. The zero-order chi connectivity index (χ0) is 31.0. The maximum absolute atomic E-state index is 13.8. The maximum Gasteiger partial charge on any atom is 0.488 e. The van der Waals surface area contributed by atoms with Crippen molar-refractivity contribution in [3.63, 3.8) is 0 Å². The van der Waals surface area contributed by atoms with Crippen molar-refractivity contribution in [3.8, 4) is 5.75 Å². The highest BCUT2D eigenvalue weighted by Gasteiger charge is 2.55. The first-order chi connectivity index (χ1) is 20.5. The number of amides is 2. The Balaban J connectivity index is 1.41. The SMILES string of the molecule is C/C(=C\c1ccc(O)c2ccccc12)CC[C@@H](O)C1=C(C(C)C)C[C@H]2C(=O)N(c3cccc(B(O)O)c3)C(=O)[C@H]2[C@H]1CO. The van der Waals surface area contributed by atoms with E-state index < -0.39 is 36.9 Å². The van der Waals surface area contributed by atoms with Crippen molar-refractivity contribution in [2.45, 2.75) is 46.1 Å². The number of phenols is 1. The van der Waals surface area contributed by atoms with Crippen molar-refractivity contribution < 1.29 is 35.0 Å². The molecule has 1 fully saturated rings. The summed E-state index contributed by atoms with van der Waals surface area (Å²) >= 11 is 0. The number of fused-ring (bicyclic) bond motifs is 2. The van der Waals surface area contributed by atoms with E-state index in [4.69, 9.17) is 0 Å². The van der Waals surface area contributed by atoms with Gasteiger partial charge in [0.05, 0.1) is 30.2 Å². The average Bonchev–Trinajstić information content (AvgIpc) is 3.25. The summed E-state index contributed by atoms with van der Waals surface area (Å²) < 4.78 is 0. The second kappa shape index (κ2) is 12.5. The maximum atomic E-state index is 13.8.